The second-order valence-electron chi connectivity index (χ2n) is 6.05. The molecule has 0 spiro atoms. The molecule has 1 N–H and O–H groups in total. The van der Waals surface area contributed by atoms with E-state index < -0.39 is 0 Å². The number of hydrogen-bond acceptors (Lipinski definition) is 3. The van der Waals surface area contributed by atoms with Crippen molar-refractivity contribution < 1.29 is 9.59 Å². The van der Waals surface area contributed by atoms with Gasteiger partial charge in [0.05, 0.1) is 12.9 Å². The first-order chi connectivity index (χ1) is 13.1. The number of imidazole rings is 1. The first-order valence-corrected chi connectivity index (χ1v) is 8.54. The standard InChI is InChI=1S/C22H19N3O2/c1-17(26)20-8-4-18(5-9-20)3-2-12-24-22(27)21-10-6-19(7-11-21)15-25-14-13-23-16-25/h4-11,13-14,16H,12,15H2,1H3,(H,24,27). The number of carbonyl (C=O) groups excluding carboxylic acids is 2. The summed E-state index contributed by atoms with van der Waals surface area (Å²) < 4.78 is 1.97. The largest absolute Gasteiger partial charge is 0.341 e. The summed E-state index contributed by atoms with van der Waals surface area (Å²) >= 11 is 0. The number of hydrogen-bond donors (Lipinski definition) is 1. The van der Waals surface area contributed by atoms with E-state index in [1.807, 2.05) is 22.9 Å². The van der Waals surface area contributed by atoms with Crippen LogP contribution in [0.4, 0.5) is 0 Å². The van der Waals surface area contributed by atoms with Crippen LogP contribution in [-0.4, -0.2) is 27.8 Å². The molecule has 1 heterocycles. The third-order valence-corrected chi connectivity index (χ3v) is 4.00. The molecule has 0 aliphatic carbocycles. The molecule has 0 radical (unpaired) electrons. The van der Waals surface area contributed by atoms with Gasteiger partial charge in [-0.15, -0.1) is 0 Å². The van der Waals surface area contributed by atoms with Crippen LogP contribution in [0.5, 0.6) is 0 Å². The van der Waals surface area contributed by atoms with Gasteiger partial charge in [0.25, 0.3) is 5.91 Å². The molecule has 1 amide bonds. The van der Waals surface area contributed by atoms with Gasteiger partial charge < -0.3 is 9.88 Å². The molecule has 3 rings (SSSR count). The van der Waals surface area contributed by atoms with Gasteiger partial charge in [-0.1, -0.05) is 36.1 Å². The van der Waals surface area contributed by atoms with E-state index in [4.69, 9.17) is 0 Å². The summed E-state index contributed by atoms with van der Waals surface area (Å²) in [5.41, 5.74) is 3.15. The Balaban J connectivity index is 1.51. The highest BCUT2D eigenvalue weighted by Gasteiger charge is 2.04. The van der Waals surface area contributed by atoms with Crippen molar-refractivity contribution in [3.05, 3.63) is 89.5 Å². The minimum Gasteiger partial charge on any atom is -0.341 e. The summed E-state index contributed by atoms with van der Waals surface area (Å²) in [5.74, 6) is 5.75. The summed E-state index contributed by atoms with van der Waals surface area (Å²) in [4.78, 5) is 27.4. The van der Waals surface area contributed by atoms with Gasteiger partial charge in [0.2, 0.25) is 0 Å². The third-order valence-electron chi connectivity index (χ3n) is 4.00. The van der Waals surface area contributed by atoms with Gasteiger partial charge in [-0.3, -0.25) is 9.59 Å². The number of amides is 1. The first kappa shape index (κ1) is 18.2. The van der Waals surface area contributed by atoms with Crippen molar-refractivity contribution in [2.75, 3.05) is 6.54 Å². The molecule has 1 aromatic heterocycles. The third kappa shape index (κ3) is 5.16. The van der Waals surface area contributed by atoms with Gasteiger partial charge >= 0.3 is 0 Å². The van der Waals surface area contributed by atoms with Gasteiger partial charge in [-0.05, 0) is 36.8 Å². The second kappa shape index (κ2) is 8.63. The van der Waals surface area contributed by atoms with Crippen LogP contribution < -0.4 is 5.32 Å². The van der Waals surface area contributed by atoms with Crippen LogP contribution in [0.2, 0.25) is 0 Å². The maximum Gasteiger partial charge on any atom is 0.252 e. The summed E-state index contributed by atoms with van der Waals surface area (Å²) in [6.45, 7) is 2.50. The molecule has 3 aromatic rings. The molecular weight excluding hydrogens is 338 g/mol. The smallest absolute Gasteiger partial charge is 0.252 e. The molecule has 0 bridgehead atoms. The maximum absolute atomic E-state index is 12.2. The van der Waals surface area contributed by atoms with E-state index in [0.717, 1.165) is 17.7 Å². The molecule has 27 heavy (non-hydrogen) atoms. The van der Waals surface area contributed by atoms with Crippen molar-refractivity contribution >= 4 is 11.7 Å². The lowest BCUT2D eigenvalue weighted by Gasteiger charge is -2.05. The van der Waals surface area contributed by atoms with Crippen molar-refractivity contribution in [1.82, 2.24) is 14.9 Å². The highest BCUT2D eigenvalue weighted by molar-refractivity contribution is 5.94. The zero-order valence-electron chi connectivity index (χ0n) is 15.0. The average molecular weight is 357 g/mol. The summed E-state index contributed by atoms with van der Waals surface area (Å²) in [6.07, 6.45) is 5.39. The van der Waals surface area contributed by atoms with Crippen molar-refractivity contribution in [3.63, 3.8) is 0 Å². The number of Topliss-reactive ketones (excluding diaryl/α,β-unsaturated/α-hetero) is 1. The fourth-order valence-corrected chi connectivity index (χ4v) is 2.51. The number of ketones is 1. The number of nitrogens with zero attached hydrogens (tertiary/aromatic N) is 2. The van der Waals surface area contributed by atoms with E-state index in [-0.39, 0.29) is 18.2 Å². The zero-order chi connectivity index (χ0) is 19.1. The second-order valence-corrected chi connectivity index (χ2v) is 6.05. The lowest BCUT2D eigenvalue weighted by Crippen LogP contribution is -2.23. The molecule has 2 aromatic carbocycles. The Labute approximate surface area is 158 Å². The van der Waals surface area contributed by atoms with Gasteiger partial charge in [0.1, 0.15) is 0 Å². The predicted molar refractivity (Wildman–Crippen MR) is 103 cm³/mol. The molecule has 0 aliphatic rings. The molecule has 0 unspecified atom stereocenters. The fraction of sp³-hybridized carbons (Fsp3) is 0.136. The number of benzene rings is 2. The zero-order valence-corrected chi connectivity index (χ0v) is 15.0. The number of nitrogens with one attached hydrogen (secondary N) is 1. The minimum absolute atomic E-state index is 0.0258. The Kier molecular flexibility index (Phi) is 5.80. The van der Waals surface area contributed by atoms with E-state index in [9.17, 15) is 9.59 Å². The Bertz CT molecular complexity index is 977. The highest BCUT2D eigenvalue weighted by atomic mass is 16.1. The quantitative estimate of drug-likeness (QED) is 0.564. The monoisotopic (exact) mass is 357 g/mol. The highest BCUT2D eigenvalue weighted by Crippen LogP contribution is 2.07. The van der Waals surface area contributed by atoms with Crippen LogP contribution in [0.15, 0.2) is 67.3 Å². The molecular formula is C22H19N3O2. The first-order valence-electron chi connectivity index (χ1n) is 8.54. The van der Waals surface area contributed by atoms with Crippen LogP contribution in [0.3, 0.4) is 0 Å². The normalized spacial score (nSPS) is 9.96. The molecule has 0 saturated heterocycles. The molecule has 0 fully saturated rings. The molecule has 5 nitrogen and oxygen atoms in total. The van der Waals surface area contributed by atoms with Crippen molar-refractivity contribution in [3.8, 4) is 11.8 Å². The van der Waals surface area contributed by atoms with Crippen LogP contribution in [0.25, 0.3) is 0 Å². The van der Waals surface area contributed by atoms with E-state index in [2.05, 4.69) is 22.1 Å². The SMILES string of the molecule is CC(=O)c1ccc(C#CCNC(=O)c2ccc(Cn3ccnc3)cc2)cc1. The van der Waals surface area contributed by atoms with Crippen molar-refractivity contribution in [2.45, 2.75) is 13.5 Å². The Morgan fingerprint density at radius 1 is 1.04 bits per heavy atom. The topological polar surface area (TPSA) is 64.0 Å². The van der Waals surface area contributed by atoms with Crippen molar-refractivity contribution in [1.29, 1.82) is 0 Å². The van der Waals surface area contributed by atoms with Crippen LogP contribution >= 0.6 is 0 Å². The average Bonchev–Trinajstić information content (AvgIpc) is 3.19. The van der Waals surface area contributed by atoms with E-state index in [1.165, 1.54) is 6.92 Å². The van der Waals surface area contributed by atoms with E-state index in [1.54, 1.807) is 48.9 Å². The predicted octanol–water partition coefficient (Wildman–Crippen LogP) is 2.92. The molecule has 0 saturated carbocycles. The Hall–Kier alpha value is -3.65. The van der Waals surface area contributed by atoms with Crippen molar-refractivity contribution in [2.24, 2.45) is 0 Å². The van der Waals surface area contributed by atoms with Crippen LogP contribution in [0, 0.1) is 11.8 Å². The van der Waals surface area contributed by atoms with Gasteiger partial charge in [-0.25, -0.2) is 4.98 Å². The maximum atomic E-state index is 12.2. The van der Waals surface area contributed by atoms with Gasteiger partial charge in [0, 0.05) is 35.6 Å². The van der Waals surface area contributed by atoms with Crippen LogP contribution in [0.1, 0.15) is 38.8 Å². The Morgan fingerprint density at radius 2 is 1.74 bits per heavy atom. The molecule has 0 aliphatic heterocycles. The van der Waals surface area contributed by atoms with Gasteiger partial charge in [0.15, 0.2) is 5.78 Å². The summed E-state index contributed by atoms with van der Waals surface area (Å²) in [5, 5.41) is 2.78. The number of carbonyl (C=O) groups is 2. The Morgan fingerprint density at radius 3 is 2.37 bits per heavy atom. The summed E-state index contributed by atoms with van der Waals surface area (Å²) in [7, 11) is 0. The van der Waals surface area contributed by atoms with E-state index in [0.29, 0.717) is 11.1 Å². The fourth-order valence-electron chi connectivity index (χ4n) is 2.51. The van der Waals surface area contributed by atoms with Gasteiger partial charge in [-0.2, -0.15) is 0 Å². The van der Waals surface area contributed by atoms with Crippen LogP contribution in [-0.2, 0) is 6.54 Å². The summed E-state index contributed by atoms with van der Waals surface area (Å²) in [6, 6.07) is 14.5. The number of aromatic nitrogens is 2. The number of rotatable bonds is 5. The molecule has 0 atom stereocenters. The lowest BCUT2D eigenvalue weighted by atomic mass is 10.1. The minimum atomic E-state index is -0.162. The lowest BCUT2D eigenvalue weighted by molar-refractivity contribution is 0.0957. The molecule has 134 valence electrons. The molecule has 5 heteroatoms. The van der Waals surface area contributed by atoms with E-state index >= 15 is 0 Å².